The average molecular weight is 381 g/mol. The summed E-state index contributed by atoms with van der Waals surface area (Å²) in [5, 5.41) is 5.42. The van der Waals surface area contributed by atoms with Gasteiger partial charge >= 0.3 is 5.97 Å². The van der Waals surface area contributed by atoms with E-state index in [9.17, 15) is 9.18 Å². The fourth-order valence-electron chi connectivity index (χ4n) is 2.54. The van der Waals surface area contributed by atoms with E-state index >= 15 is 0 Å². The molecule has 25 heavy (non-hydrogen) atoms. The molecule has 0 bridgehead atoms. The number of rotatable bonds is 3. The minimum Gasteiger partial charge on any atom is -0.466 e. The summed E-state index contributed by atoms with van der Waals surface area (Å²) >= 11 is 6.83. The second-order valence-electron chi connectivity index (χ2n) is 5.81. The summed E-state index contributed by atoms with van der Waals surface area (Å²) in [6, 6.07) is 8.90. The third-order valence-electron chi connectivity index (χ3n) is 3.51. The van der Waals surface area contributed by atoms with Crippen molar-refractivity contribution in [2.75, 3.05) is 0 Å². The lowest BCUT2D eigenvalue weighted by molar-refractivity contribution is 0.0764. The standard InChI is InChI=1S/C17H14ClFN2O3S/c1-17(2)21-15(9-3-5-11(19)6-4-9)14-12(18)7-10(8-13(14)23-17)16(22)24-25-20/h3-8H,20H2,1-2H3. The Bertz CT molecular complexity index is 869. The van der Waals surface area contributed by atoms with E-state index in [4.69, 9.17) is 25.7 Å². The summed E-state index contributed by atoms with van der Waals surface area (Å²) in [7, 11) is 0. The second-order valence-corrected chi connectivity index (χ2v) is 6.58. The number of carbonyl (C=O) groups excluding carboxylic acids is 1. The van der Waals surface area contributed by atoms with E-state index in [1.54, 1.807) is 26.0 Å². The quantitative estimate of drug-likeness (QED) is 0.640. The molecule has 0 radical (unpaired) electrons. The van der Waals surface area contributed by atoms with Gasteiger partial charge in [0.1, 0.15) is 23.8 Å². The molecule has 1 aliphatic heterocycles. The Morgan fingerprint density at radius 1 is 1.32 bits per heavy atom. The van der Waals surface area contributed by atoms with E-state index in [1.807, 2.05) is 0 Å². The van der Waals surface area contributed by atoms with Crippen molar-refractivity contribution in [2.24, 2.45) is 10.1 Å². The lowest BCUT2D eigenvalue weighted by Gasteiger charge is -2.31. The number of hydrogen-bond donors (Lipinski definition) is 1. The maximum absolute atomic E-state index is 13.2. The van der Waals surface area contributed by atoms with E-state index < -0.39 is 11.7 Å². The molecule has 0 saturated carbocycles. The van der Waals surface area contributed by atoms with Crippen molar-refractivity contribution in [3.05, 3.63) is 63.9 Å². The minimum absolute atomic E-state index is 0.206. The number of nitrogens with zero attached hydrogens (tertiary/aromatic N) is 1. The van der Waals surface area contributed by atoms with Crippen LogP contribution in [-0.4, -0.2) is 17.4 Å². The molecule has 0 spiro atoms. The Morgan fingerprint density at radius 2 is 2.00 bits per heavy atom. The number of fused-ring (bicyclic) bond motifs is 1. The lowest BCUT2D eigenvalue weighted by Crippen LogP contribution is -2.32. The predicted octanol–water partition coefficient (Wildman–Crippen LogP) is 4.12. The third-order valence-corrected chi connectivity index (χ3v) is 4.05. The molecule has 2 N–H and O–H groups in total. The molecular formula is C17H14ClFN2O3S. The molecule has 0 aliphatic carbocycles. The Morgan fingerprint density at radius 3 is 2.64 bits per heavy atom. The predicted molar refractivity (Wildman–Crippen MR) is 95.4 cm³/mol. The summed E-state index contributed by atoms with van der Waals surface area (Å²) in [6.45, 7) is 3.54. The topological polar surface area (TPSA) is 73.9 Å². The minimum atomic E-state index is -0.884. The first-order chi connectivity index (χ1) is 11.8. The Kier molecular flexibility index (Phi) is 4.73. The van der Waals surface area contributed by atoms with Crippen LogP contribution in [-0.2, 0) is 4.18 Å². The molecule has 5 nitrogen and oxygen atoms in total. The fraction of sp³-hybridized carbons (Fsp3) is 0.176. The van der Waals surface area contributed by atoms with Gasteiger partial charge in [0.2, 0.25) is 0 Å². The highest BCUT2D eigenvalue weighted by Crippen LogP contribution is 2.38. The van der Waals surface area contributed by atoms with Crippen LogP contribution in [0.4, 0.5) is 4.39 Å². The van der Waals surface area contributed by atoms with E-state index in [-0.39, 0.29) is 16.4 Å². The van der Waals surface area contributed by atoms with Crippen LogP contribution in [0, 0.1) is 5.82 Å². The van der Waals surface area contributed by atoms with Gasteiger partial charge in [0, 0.05) is 5.56 Å². The highest BCUT2D eigenvalue weighted by Gasteiger charge is 2.31. The highest BCUT2D eigenvalue weighted by molar-refractivity contribution is 7.92. The zero-order chi connectivity index (χ0) is 18.2. The first-order valence-electron chi connectivity index (χ1n) is 7.27. The number of hydrogen-bond acceptors (Lipinski definition) is 6. The number of carbonyl (C=O) groups is 1. The summed E-state index contributed by atoms with van der Waals surface area (Å²) in [5.74, 6) is -0.593. The van der Waals surface area contributed by atoms with Gasteiger partial charge < -0.3 is 8.92 Å². The lowest BCUT2D eigenvalue weighted by atomic mass is 9.97. The van der Waals surface area contributed by atoms with Crippen molar-refractivity contribution in [3.8, 4) is 5.75 Å². The van der Waals surface area contributed by atoms with Crippen LogP contribution in [0.5, 0.6) is 5.75 Å². The molecule has 1 heterocycles. The average Bonchev–Trinajstić information content (AvgIpc) is 2.53. The molecule has 2 aromatic rings. The molecule has 0 fully saturated rings. The SMILES string of the molecule is CC1(C)N=C(c2ccc(F)cc2)c2c(Cl)cc(C(=O)OSN)cc2O1. The first-order valence-corrected chi connectivity index (χ1v) is 8.45. The van der Waals surface area contributed by atoms with Crippen LogP contribution in [0.2, 0.25) is 5.02 Å². The summed E-state index contributed by atoms with van der Waals surface area (Å²) in [5.41, 5.74) is 1.10. The number of ether oxygens (including phenoxy) is 1. The van der Waals surface area contributed by atoms with Crippen molar-refractivity contribution >= 4 is 35.5 Å². The van der Waals surface area contributed by atoms with Crippen LogP contribution >= 0.6 is 23.8 Å². The number of halogens is 2. The monoisotopic (exact) mass is 380 g/mol. The first kappa shape index (κ1) is 17.7. The smallest absolute Gasteiger partial charge is 0.351 e. The molecule has 0 atom stereocenters. The van der Waals surface area contributed by atoms with Crippen molar-refractivity contribution < 1.29 is 18.1 Å². The van der Waals surface area contributed by atoms with E-state index in [1.165, 1.54) is 24.3 Å². The van der Waals surface area contributed by atoms with E-state index in [0.29, 0.717) is 34.8 Å². The van der Waals surface area contributed by atoms with Gasteiger partial charge in [0.25, 0.3) is 0 Å². The van der Waals surface area contributed by atoms with Crippen molar-refractivity contribution in [3.63, 3.8) is 0 Å². The molecular weight excluding hydrogens is 367 g/mol. The Hall–Kier alpha value is -2.09. The Balaban J connectivity index is 2.15. The van der Waals surface area contributed by atoms with Gasteiger partial charge in [-0.1, -0.05) is 11.6 Å². The van der Waals surface area contributed by atoms with Gasteiger partial charge in [-0.05, 0) is 50.2 Å². The van der Waals surface area contributed by atoms with Gasteiger partial charge in [-0.15, -0.1) is 0 Å². The third kappa shape index (κ3) is 3.63. The summed E-state index contributed by atoms with van der Waals surface area (Å²) in [6.07, 6.45) is 0. The second kappa shape index (κ2) is 6.67. The Labute approximate surface area is 153 Å². The van der Waals surface area contributed by atoms with Crippen molar-refractivity contribution in [1.29, 1.82) is 0 Å². The molecule has 2 aromatic carbocycles. The molecule has 8 heteroatoms. The van der Waals surface area contributed by atoms with Crippen LogP contribution in [0.1, 0.15) is 35.3 Å². The van der Waals surface area contributed by atoms with Crippen LogP contribution in [0.25, 0.3) is 0 Å². The maximum Gasteiger partial charge on any atom is 0.351 e. The molecule has 1 aliphatic rings. The molecule has 0 amide bonds. The van der Waals surface area contributed by atoms with Gasteiger partial charge in [0.15, 0.2) is 5.72 Å². The number of aliphatic imine (C=N–C) groups is 1. The van der Waals surface area contributed by atoms with Crippen LogP contribution in [0.3, 0.4) is 0 Å². The number of nitrogens with two attached hydrogens (primary N) is 1. The zero-order valence-electron chi connectivity index (χ0n) is 13.4. The van der Waals surface area contributed by atoms with Gasteiger partial charge in [-0.25, -0.2) is 19.3 Å². The number of benzene rings is 2. The van der Waals surface area contributed by atoms with Gasteiger partial charge in [-0.2, -0.15) is 0 Å². The van der Waals surface area contributed by atoms with Crippen LogP contribution < -0.4 is 9.88 Å². The molecule has 130 valence electrons. The van der Waals surface area contributed by atoms with Crippen LogP contribution in [0.15, 0.2) is 41.4 Å². The highest BCUT2D eigenvalue weighted by atomic mass is 35.5. The van der Waals surface area contributed by atoms with Gasteiger partial charge in [0.05, 0.1) is 21.9 Å². The summed E-state index contributed by atoms with van der Waals surface area (Å²) in [4.78, 5) is 16.5. The molecule has 0 aromatic heterocycles. The fourth-order valence-corrected chi connectivity index (χ4v) is 3.02. The van der Waals surface area contributed by atoms with Gasteiger partial charge in [-0.3, -0.25) is 0 Å². The largest absolute Gasteiger partial charge is 0.466 e. The van der Waals surface area contributed by atoms with E-state index in [0.717, 1.165) is 0 Å². The van der Waals surface area contributed by atoms with Crippen molar-refractivity contribution in [1.82, 2.24) is 0 Å². The summed E-state index contributed by atoms with van der Waals surface area (Å²) < 4.78 is 23.8. The molecule has 0 saturated heterocycles. The normalized spacial score (nSPS) is 15.0. The molecule has 3 rings (SSSR count). The van der Waals surface area contributed by atoms with E-state index in [2.05, 4.69) is 4.99 Å². The maximum atomic E-state index is 13.2. The zero-order valence-corrected chi connectivity index (χ0v) is 15.0. The molecule has 0 unspecified atom stereocenters. The van der Waals surface area contributed by atoms with Crippen molar-refractivity contribution in [2.45, 2.75) is 19.6 Å².